The summed E-state index contributed by atoms with van der Waals surface area (Å²) in [7, 11) is 0. The molecule has 1 amide bonds. The van der Waals surface area contributed by atoms with Crippen LogP contribution in [0, 0.1) is 5.92 Å². The number of carbonyl (C=O) groups is 1. The first-order valence-corrected chi connectivity index (χ1v) is 7.35. The predicted molar refractivity (Wildman–Crippen MR) is 77.8 cm³/mol. The fourth-order valence-electron chi connectivity index (χ4n) is 2.53. The molecule has 1 unspecified atom stereocenters. The van der Waals surface area contributed by atoms with Crippen LogP contribution >= 0.6 is 27.5 Å². The Labute approximate surface area is 121 Å². The summed E-state index contributed by atoms with van der Waals surface area (Å²) in [6.07, 6.45) is 2.28. The lowest BCUT2D eigenvalue weighted by Gasteiger charge is -2.34. The van der Waals surface area contributed by atoms with Crippen LogP contribution in [0.15, 0.2) is 22.7 Å². The zero-order chi connectivity index (χ0) is 13.3. The van der Waals surface area contributed by atoms with Crippen molar-refractivity contribution in [2.24, 2.45) is 5.92 Å². The van der Waals surface area contributed by atoms with Crippen LogP contribution in [0.1, 0.15) is 32.3 Å². The maximum atomic E-state index is 11.6. The summed E-state index contributed by atoms with van der Waals surface area (Å²) in [6, 6.07) is 5.86. The van der Waals surface area contributed by atoms with Crippen LogP contribution in [0.2, 0.25) is 5.02 Å². The topological polar surface area (TPSA) is 29.1 Å². The maximum absolute atomic E-state index is 11.6. The molecule has 98 valence electrons. The fraction of sp³-hybridized carbons (Fsp3) is 0.500. The third kappa shape index (κ3) is 2.72. The molecule has 2 rings (SSSR count). The van der Waals surface area contributed by atoms with Gasteiger partial charge in [-0.2, -0.15) is 0 Å². The third-order valence-corrected chi connectivity index (χ3v) is 4.67. The molecule has 1 N–H and O–H groups in total. The molecule has 0 aliphatic carbocycles. The molecule has 18 heavy (non-hydrogen) atoms. The van der Waals surface area contributed by atoms with E-state index >= 15 is 0 Å². The van der Waals surface area contributed by atoms with Crippen molar-refractivity contribution >= 4 is 33.4 Å². The first-order valence-electron chi connectivity index (χ1n) is 6.18. The Morgan fingerprint density at radius 2 is 2.22 bits per heavy atom. The van der Waals surface area contributed by atoms with Crippen LogP contribution in [-0.4, -0.2) is 11.4 Å². The van der Waals surface area contributed by atoms with E-state index in [1.54, 1.807) is 0 Å². The van der Waals surface area contributed by atoms with Crippen LogP contribution in [0.25, 0.3) is 0 Å². The van der Waals surface area contributed by atoms with Gasteiger partial charge >= 0.3 is 0 Å². The lowest BCUT2D eigenvalue weighted by molar-refractivity contribution is -0.120. The maximum Gasteiger partial charge on any atom is 0.220 e. The number of halogens is 2. The molecule has 2 nitrogen and oxygen atoms in total. The van der Waals surface area contributed by atoms with Crippen LogP contribution in [0.4, 0.5) is 0 Å². The van der Waals surface area contributed by atoms with Gasteiger partial charge in [0.1, 0.15) is 0 Å². The van der Waals surface area contributed by atoms with Gasteiger partial charge in [0.05, 0.1) is 0 Å². The van der Waals surface area contributed by atoms with Crippen molar-refractivity contribution in [3.05, 3.63) is 33.3 Å². The minimum atomic E-state index is -0.151. The minimum absolute atomic E-state index is 0.148. The van der Waals surface area contributed by atoms with Crippen molar-refractivity contribution in [2.75, 3.05) is 0 Å². The highest BCUT2D eigenvalue weighted by Crippen LogP contribution is 2.34. The number of nitrogens with one attached hydrogen (secondary N) is 1. The summed E-state index contributed by atoms with van der Waals surface area (Å²) in [6.45, 7) is 4.30. The molecular formula is C14H17BrClNO. The molecule has 1 aliphatic rings. The highest BCUT2D eigenvalue weighted by molar-refractivity contribution is 9.10. The quantitative estimate of drug-likeness (QED) is 0.893. The van der Waals surface area contributed by atoms with Crippen LogP contribution in [0.3, 0.4) is 0 Å². The van der Waals surface area contributed by atoms with Crippen molar-refractivity contribution < 1.29 is 4.79 Å². The van der Waals surface area contributed by atoms with E-state index in [4.69, 9.17) is 11.6 Å². The average molecular weight is 331 g/mol. The summed E-state index contributed by atoms with van der Waals surface area (Å²) in [5, 5.41) is 3.91. The van der Waals surface area contributed by atoms with E-state index in [1.807, 2.05) is 18.2 Å². The van der Waals surface area contributed by atoms with Crippen molar-refractivity contribution in [3.8, 4) is 0 Å². The Balaban J connectivity index is 2.30. The van der Waals surface area contributed by atoms with E-state index in [0.717, 1.165) is 27.9 Å². The fourth-order valence-corrected chi connectivity index (χ4v) is 3.12. The highest BCUT2D eigenvalue weighted by Gasteiger charge is 2.40. The second-order valence-electron chi connectivity index (χ2n) is 5.27. The monoisotopic (exact) mass is 329 g/mol. The van der Waals surface area contributed by atoms with Gasteiger partial charge in [0.25, 0.3) is 0 Å². The summed E-state index contributed by atoms with van der Waals surface area (Å²) < 4.78 is 1.02. The van der Waals surface area contributed by atoms with Gasteiger partial charge in [-0.15, -0.1) is 0 Å². The molecular weight excluding hydrogens is 314 g/mol. The number of hydrogen-bond acceptors (Lipinski definition) is 1. The number of benzene rings is 1. The molecule has 1 saturated heterocycles. The first kappa shape index (κ1) is 13.9. The Hall–Kier alpha value is -0.540. The standard InChI is InChI=1S/C14H17BrClNO/c1-9(2)14(6-5-13(18)17-14)8-10-7-11(15)3-4-12(10)16/h3-4,7,9H,5-6,8H2,1-2H3,(H,17,18). The SMILES string of the molecule is CC(C)C1(Cc2cc(Br)ccc2Cl)CCC(=O)N1. The Bertz CT molecular complexity index is 475. The highest BCUT2D eigenvalue weighted by atomic mass is 79.9. The molecule has 0 bridgehead atoms. The number of amides is 1. The van der Waals surface area contributed by atoms with Gasteiger partial charge in [-0.05, 0) is 42.5 Å². The van der Waals surface area contributed by atoms with Crippen molar-refractivity contribution in [1.29, 1.82) is 0 Å². The van der Waals surface area contributed by atoms with E-state index < -0.39 is 0 Å². The summed E-state index contributed by atoms with van der Waals surface area (Å²) >= 11 is 9.71. The van der Waals surface area contributed by atoms with E-state index in [-0.39, 0.29) is 11.4 Å². The van der Waals surface area contributed by atoms with Crippen LogP contribution in [0.5, 0.6) is 0 Å². The van der Waals surface area contributed by atoms with E-state index in [9.17, 15) is 4.79 Å². The molecule has 0 saturated carbocycles. The first-order chi connectivity index (χ1) is 8.43. The van der Waals surface area contributed by atoms with E-state index in [1.165, 1.54) is 0 Å². The van der Waals surface area contributed by atoms with Crippen LogP contribution in [-0.2, 0) is 11.2 Å². The van der Waals surface area contributed by atoms with Gasteiger partial charge in [-0.25, -0.2) is 0 Å². The van der Waals surface area contributed by atoms with Crippen molar-refractivity contribution in [1.82, 2.24) is 5.32 Å². The third-order valence-electron chi connectivity index (χ3n) is 3.81. The smallest absolute Gasteiger partial charge is 0.220 e. The number of rotatable bonds is 3. The lowest BCUT2D eigenvalue weighted by Crippen LogP contribution is -2.48. The van der Waals surface area contributed by atoms with Crippen molar-refractivity contribution in [3.63, 3.8) is 0 Å². The van der Waals surface area contributed by atoms with Crippen molar-refractivity contribution in [2.45, 2.75) is 38.6 Å². The van der Waals surface area contributed by atoms with Gasteiger partial charge in [0, 0.05) is 21.5 Å². The molecule has 1 fully saturated rings. The molecule has 0 radical (unpaired) electrons. The van der Waals surface area contributed by atoms with Gasteiger partial charge in [0.2, 0.25) is 5.91 Å². The minimum Gasteiger partial charge on any atom is -0.350 e. The molecule has 1 atom stereocenters. The molecule has 1 aromatic rings. The van der Waals surface area contributed by atoms with Gasteiger partial charge in [-0.1, -0.05) is 41.4 Å². The Kier molecular flexibility index (Phi) is 4.02. The molecule has 1 aromatic carbocycles. The van der Waals surface area contributed by atoms with Gasteiger partial charge in [-0.3, -0.25) is 4.79 Å². The zero-order valence-electron chi connectivity index (χ0n) is 10.6. The Morgan fingerprint density at radius 1 is 1.50 bits per heavy atom. The molecule has 0 aromatic heterocycles. The van der Waals surface area contributed by atoms with E-state index in [0.29, 0.717) is 12.3 Å². The zero-order valence-corrected chi connectivity index (χ0v) is 12.9. The number of carbonyl (C=O) groups excluding carboxylic acids is 1. The normalized spacial score (nSPS) is 23.5. The van der Waals surface area contributed by atoms with Gasteiger partial charge < -0.3 is 5.32 Å². The second kappa shape index (κ2) is 5.22. The molecule has 0 spiro atoms. The molecule has 4 heteroatoms. The lowest BCUT2D eigenvalue weighted by atomic mass is 9.80. The Morgan fingerprint density at radius 3 is 2.78 bits per heavy atom. The largest absolute Gasteiger partial charge is 0.350 e. The summed E-state index contributed by atoms with van der Waals surface area (Å²) in [5.41, 5.74) is 0.934. The predicted octanol–water partition coefficient (Wildman–Crippen LogP) is 3.95. The average Bonchev–Trinajstić information content (AvgIpc) is 2.67. The van der Waals surface area contributed by atoms with Crippen LogP contribution < -0.4 is 5.32 Å². The number of hydrogen-bond donors (Lipinski definition) is 1. The summed E-state index contributed by atoms with van der Waals surface area (Å²) in [5.74, 6) is 0.536. The van der Waals surface area contributed by atoms with Gasteiger partial charge in [0.15, 0.2) is 0 Å². The van der Waals surface area contributed by atoms with E-state index in [2.05, 4.69) is 35.1 Å². The molecule has 1 heterocycles. The second-order valence-corrected chi connectivity index (χ2v) is 6.59. The summed E-state index contributed by atoms with van der Waals surface area (Å²) in [4.78, 5) is 11.6. The molecule has 1 aliphatic heterocycles.